The molecule has 0 atom stereocenters. The first-order valence-electron chi connectivity index (χ1n) is 4.95. The quantitative estimate of drug-likeness (QED) is 0.732. The molecule has 0 aliphatic carbocycles. The van der Waals surface area contributed by atoms with Crippen LogP contribution in [-0.4, -0.2) is 11.3 Å². The van der Waals surface area contributed by atoms with Crippen LogP contribution in [0.3, 0.4) is 0 Å². The highest BCUT2D eigenvalue weighted by atomic mass is 16.5. The van der Waals surface area contributed by atoms with E-state index in [9.17, 15) is 4.79 Å². The van der Waals surface area contributed by atoms with Gasteiger partial charge >= 0.3 is 0 Å². The predicted molar refractivity (Wildman–Crippen MR) is 60.4 cm³/mol. The average Bonchev–Trinajstić information content (AvgIpc) is 2.38. The minimum atomic E-state index is 0.480. The highest BCUT2D eigenvalue weighted by Crippen LogP contribution is 2.12. The van der Waals surface area contributed by atoms with Crippen molar-refractivity contribution in [1.29, 1.82) is 0 Å². The summed E-state index contributed by atoms with van der Waals surface area (Å²) in [6.07, 6.45) is 4.30. The minimum absolute atomic E-state index is 0.480. The number of hydrogen-bond acceptors (Lipinski definition) is 3. The fourth-order valence-electron chi connectivity index (χ4n) is 1.29. The molecule has 0 saturated carbocycles. The Morgan fingerprint density at radius 1 is 1.19 bits per heavy atom. The van der Waals surface area contributed by atoms with Crippen LogP contribution in [0.4, 0.5) is 0 Å². The van der Waals surface area contributed by atoms with Crippen molar-refractivity contribution < 1.29 is 9.53 Å². The zero-order valence-corrected chi connectivity index (χ0v) is 8.67. The smallest absolute Gasteiger partial charge is 0.150 e. The molecule has 0 unspecified atom stereocenters. The van der Waals surface area contributed by atoms with Crippen LogP contribution in [0.25, 0.3) is 0 Å². The Morgan fingerprint density at radius 2 is 2.00 bits per heavy atom. The average molecular weight is 213 g/mol. The number of pyridine rings is 1. The zero-order chi connectivity index (χ0) is 11.2. The van der Waals surface area contributed by atoms with Gasteiger partial charge in [-0.3, -0.25) is 9.78 Å². The summed E-state index contributed by atoms with van der Waals surface area (Å²) in [5, 5.41) is 0. The molecule has 2 rings (SSSR count). The van der Waals surface area contributed by atoms with Gasteiger partial charge in [-0.05, 0) is 30.3 Å². The number of rotatable bonds is 4. The molecule has 80 valence electrons. The summed E-state index contributed by atoms with van der Waals surface area (Å²) in [5.41, 5.74) is 1.66. The number of aldehydes is 1. The first kappa shape index (κ1) is 10.4. The van der Waals surface area contributed by atoms with E-state index < -0.39 is 0 Å². The topological polar surface area (TPSA) is 39.2 Å². The predicted octanol–water partition coefficient (Wildman–Crippen LogP) is 2.47. The van der Waals surface area contributed by atoms with Gasteiger partial charge in [0.15, 0.2) is 0 Å². The Labute approximate surface area is 93.7 Å². The van der Waals surface area contributed by atoms with Crippen LogP contribution in [0.2, 0.25) is 0 Å². The molecule has 1 aromatic heterocycles. The van der Waals surface area contributed by atoms with Gasteiger partial charge in [0.2, 0.25) is 0 Å². The van der Waals surface area contributed by atoms with Gasteiger partial charge in [0.05, 0.1) is 0 Å². The second-order valence-corrected chi connectivity index (χ2v) is 3.34. The van der Waals surface area contributed by atoms with Crippen LogP contribution < -0.4 is 4.74 Å². The van der Waals surface area contributed by atoms with Crippen molar-refractivity contribution >= 4 is 6.29 Å². The van der Waals surface area contributed by atoms with Crippen LogP contribution in [0.5, 0.6) is 5.75 Å². The van der Waals surface area contributed by atoms with Crippen LogP contribution in [0, 0.1) is 0 Å². The molecule has 16 heavy (non-hydrogen) atoms. The molecule has 0 aliphatic heterocycles. The highest BCUT2D eigenvalue weighted by Gasteiger charge is 1.96. The molecule has 0 fully saturated rings. The lowest BCUT2D eigenvalue weighted by Gasteiger charge is -2.05. The summed E-state index contributed by atoms with van der Waals surface area (Å²) in [4.78, 5) is 14.4. The van der Waals surface area contributed by atoms with Crippen LogP contribution in [-0.2, 0) is 6.61 Å². The molecular formula is C13H11NO2. The number of carbonyl (C=O) groups is 1. The van der Waals surface area contributed by atoms with E-state index in [1.54, 1.807) is 36.7 Å². The summed E-state index contributed by atoms with van der Waals surface area (Å²) in [7, 11) is 0. The molecule has 0 saturated heterocycles. The third-order valence-electron chi connectivity index (χ3n) is 2.14. The van der Waals surface area contributed by atoms with E-state index in [1.165, 1.54) is 0 Å². The van der Waals surface area contributed by atoms with Gasteiger partial charge in [-0.25, -0.2) is 0 Å². The second kappa shape index (κ2) is 5.07. The van der Waals surface area contributed by atoms with Gasteiger partial charge in [-0.2, -0.15) is 0 Å². The molecule has 2 aromatic rings. The SMILES string of the molecule is O=Cc1ccc(OCc2cccnc2)cc1. The second-order valence-electron chi connectivity index (χ2n) is 3.34. The highest BCUT2D eigenvalue weighted by molar-refractivity contribution is 5.74. The molecule has 0 radical (unpaired) electrons. The Morgan fingerprint density at radius 3 is 2.62 bits per heavy atom. The van der Waals surface area contributed by atoms with Gasteiger partial charge in [0, 0.05) is 23.5 Å². The van der Waals surface area contributed by atoms with E-state index in [1.807, 2.05) is 12.1 Å². The molecular weight excluding hydrogens is 202 g/mol. The van der Waals surface area contributed by atoms with Crippen molar-refractivity contribution in [3.8, 4) is 5.75 Å². The van der Waals surface area contributed by atoms with Gasteiger partial charge in [0.25, 0.3) is 0 Å². The molecule has 3 nitrogen and oxygen atoms in total. The van der Waals surface area contributed by atoms with Gasteiger partial charge < -0.3 is 4.74 Å². The number of nitrogens with zero attached hydrogens (tertiary/aromatic N) is 1. The standard InChI is InChI=1S/C13H11NO2/c15-9-11-3-5-13(6-4-11)16-10-12-2-1-7-14-8-12/h1-9H,10H2. The fraction of sp³-hybridized carbons (Fsp3) is 0.0769. The van der Waals surface area contributed by atoms with Crippen molar-refractivity contribution in [3.63, 3.8) is 0 Å². The molecule has 0 bridgehead atoms. The third-order valence-corrected chi connectivity index (χ3v) is 2.14. The van der Waals surface area contributed by atoms with Crippen LogP contribution in [0.1, 0.15) is 15.9 Å². The minimum Gasteiger partial charge on any atom is -0.489 e. The summed E-state index contributed by atoms with van der Waals surface area (Å²) in [6.45, 7) is 0.480. The number of ether oxygens (including phenoxy) is 1. The maximum Gasteiger partial charge on any atom is 0.150 e. The van der Waals surface area contributed by atoms with Crippen LogP contribution >= 0.6 is 0 Å². The number of benzene rings is 1. The molecule has 1 heterocycles. The van der Waals surface area contributed by atoms with E-state index in [0.29, 0.717) is 12.2 Å². The van der Waals surface area contributed by atoms with Crippen LogP contribution in [0.15, 0.2) is 48.8 Å². The van der Waals surface area contributed by atoms with Gasteiger partial charge in [-0.1, -0.05) is 6.07 Å². The van der Waals surface area contributed by atoms with Crippen molar-refractivity contribution in [1.82, 2.24) is 4.98 Å². The maximum absolute atomic E-state index is 10.4. The molecule has 1 aromatic carbocycles. The van der Waals surface area contributed by atoms with Crippen molar-refractivity contribution in [2.45, 2.75) is 6.61 Å². The lowest BCUT2D eigenvalue weighted by molar-refractivity contribution is 0.112. The van der Waals surface area contributed by atoms with Gasteiger partial charge in [0.1, 0.15) is 18.6 Å². The summed E-state index contributed by atoms with van der Waals surface area (Å²) < 4.78 is 5.54. The Hall–Kier alpha value is -2.16. The monoisotopic (exact) mass is 213 g/mol. The molecule has 0 spiro atoms. The first-order chi connectivity index (χ1) is 7.88. The van der Waals surface area contributed by atoms with Crippen molar-refractivity contribution in [3.05, 3.63) is 59.9 Å². The number of carbonyl (C=O) groups excluding carboxylic acids is 1. The molecule has 0 aliphatic rings. The molecule has 0 amide bonds. The molecule has 0 N–H and O–H groups in total. The largest absolute Gasteiger partial charge is 0.489 e. The Kier molecular flexibility index (Phi) is 3.28. The van der Waals surface area contributed by atoms with E-state index >= 15 is 0 Å². The Balaban J connectivity index is 1.97. The maximum atomic E-state index is 10.4. The summed E-state index contributed by atoms with van der Waals surface area (Å²) in [5.74, 6) is 0.745. The Bertz CT molecular complexity index is 451. The van der Waals surface area contributed by atoms with Crippen molar-refractivity contribution in [2.75, 3.05) is 0 Å². The first-order valence-corrected chi connectivity index (χ1v) is 4.95. The number of aromatic nitrogens is 1. The third kappa shape index (κ3) is 2.67. The number of hydrogen-bond donors (Lipinski definition) is 0. The molecule has 3 heteroatoms. The van der Waals surface area contributed by atoms with E-state index in [2.05, 4.69) is 4.98 Å². The van der Waals surface area contributed by atoms with Gasteiger partial charge in [-0.15, -0.1) is 0 Å². The van der Waals surface area contributed by atoms with E-state index in [0.717, 1.165) is 17.6 Å². The summed E-state index contributed by atoms with van der Waals surface area (Å²) in [6, 6.07) is 10.8. The summed E-state index contributed by atoms with van der Waals surface area (Å²) >= 11 is 0. The van der Waals surface area contributed by atoms with E-state index in [4.69, 9.17) is 4.74 Å². The lowest BCUT2D eigenvalue weighted by Crippen LogP contribution is -1.95. The fourth-order valence-corrected chi connectivity index (χ4v) is 1.29. The normalized spacial score (nSPS) is 9.75. The zero-order valence-electron chi connectivity index (χ0n) is 8.67. The van der Waals surface area contributed by atoms with Crippen molar-refractivity contribution in [2.24, 2.45) is 0 Å². The lowest BCUT2D eigenvalue weighted by atomic mass is 10.2. The van der Waals surface area contributed by atoms with E-state index in [-0.39, 0.29) is 0 Å².